The van der Waals surface area contributed by atoms with Gasteiger partial charge in [0.05, 0.1) is 22.2 Å². The van der Waals surface area contributed by atoms with Gasteiger partial charge in [-0.15, -0.1) is 0 Å². The van der Waals surface area contributed by atoms with E-state index >= 15 is 0 Å². The fourth-order valence-corrected chi connectivity index (χ4v) is 5.24. The summed E-state index contributed by atoms with van der Waals surface area (Å²) in [5.41, 5.74) is 0.0595. The summed E-state index contributed by atoms with van der Waals surface area (Å²) in [6.45, 7) is 6.29. The van der Waals surface area contributed by atoms with Crippen molar-refractivity contribution in [2.24, 2.45) is 0 Å². The largest absolute Gasteiger partial charge is 0.495 e. The Hall–Kier alpha value is -2.23. The number of likely N-dealkylation sites (N-methyl/N-ethyl adjacent to an activating group) is 1. The number of halogens is 2. The van der Waals surface area contributed by atoms with Crippen molar-refractivity contribution in [2.45, 2.75) is 24.5 Å². The van der Waals surface area contributed by atoms with Crippen LogP contribution in [-0.4, -0.2) is 51.1 Å². The zero-order valence-corrected chi connectivity index (χ0v) is 20.0. The van der Waals surface area contributed by atoms with Gasteiger partial charge in [0.15, 0.2) is 9.84 Å². The molecule has 0 spiro atoms. The zero-order chi connectivity index (χ0) is 23.2. The lowest BCUT2D eigenvalue weighted by molar-refractivity contribution is 0.0692. The summed E-state index contributed by atoms with van der Waals surface area (Å²) in [5, 5.41) is 9.61. The first-order valence-electron chi connectivity index (χ1n) is 9.64. The summed E-state index contributed by atoms with van der Waals surface area (Å²) in [6.07, 6.45) is 3.36. The molecular weight excluding hydrogens is 489 g/mol. The van der Waals surface area contributed by atoms with E-state index in [2.05, 4.69) is 20.8 Å². The molecule has 0 saturated heterocycles. The minimum absolute atomic E-state index is 0.0404. The third kappa shape index (κ3) is 6.15. The monoisotopic (exact) mass is 513 g/mol. The van der Waals surface area contributed by atoms with Crippen LogP contribution in [0.1, 0.15) is 35.3 Å². The van der Waals surface area contributed by atoms with Gasteiger partial charge in [0.1, 0.15) is 17.1 Å². The number of carboxylic acids is 1. The van der Waals surface area contributed by atoms with Crippen LogP contribution in [0, 0.1) is 5.82 Å². The van der Waals surface area contributed by atoms with Crippen molar-refractivity contribution in [3.63, 3.8) is 0 Å². The van der Waals surface area contributed by atoms with Crippen molar-refractivity contribution in [1.82, 2.24) is 4.90 Å². The molecular formula is C22H25BrFNO5S. The van der Waals surface area contributed by atoms with Crippen LogP contribution in [-0.2, 0) is 15.6 Å². The Morgan fingerprint density at radius 1 is 1.23 bits per heavy atom. The normalized spacial score (nSPS) is 11.9. The number of hydrogen-bond donors (Lipinski definition) is 1. The average molecular weight is 514 g/mol. The molecule has 0 atom stereocenters. The maximum Gasteiger partial charge on any atom is 0.339 e. The second kappa shape index (κ2) is 10.9. The number of sulfone groups is 1. The molecule has 0 aliphatic heterocycles. The Kier molecular flexibility index (Phi) is 8.79. The molecule has 2 aromatic carbocycles. The highest BCUT2D eigenvalue weighted by atomic mass is 79.9. The fourth-order valence-electron chi connectivity index (χ4n) is 3.18. The molecule has 1 N–H and O–H groups in total. The van der Waals surface area contributed by atoms with E-state index in [-0.39, 0.29) is 27.3 Å². The Labute approximate surface area is 190 Å². The van der Waals surface area contributed by atoms with Gasteiger partial charge in [-0.25, -0.2) is 17.6 Å². The van der Waals surface area contributed by atoms with Gasteiger partial charge in [0.25, 0.3) is 0 Å². The van der Waals surface area contributed by atoms with E-state index in [0.717, 1.165) is 25.2 Å². The van der Waals surface area contributed by atoms with E-state index in [4.69, 9.17) is 4.74 Å². The average Bonchev–Trinajstić information content (AvgIpc) is 2.71. The highest BCUT2D eigenvalue weighted by Gasteiger charge is 2.25. The van der Waals surface area contributed by atoms with E-state index in [1.54, 1.807) is 12.2 Å². The standard InChI is InChI=1S/C22H25BrFNO5S/c1-4-25(5-2)12-6-7-15-13-17(24)9-11-19(15)31(28,29)14-16-8-10-18(23)21(30-3)20(16)22(26)27/h6-11,13H,4-5,12,14H2,1-3H3,(H,26,27). The minimum atomic E-state index is -3.98. The van der Waals surface area contributed by atoms with Crippen LogP contribution in [0.5, 0.6) is 5.75 Å². The number of carbonyl (C=O) groups is 1. The summed E-state index contributed by atoms with van der Waals surface area (Å²) in [4.78, 5) is 13.8. The third-order valence-corrected chi connectivity index (χ3v) is 7.18. The Morgan fingerprint density at radius 3 is 2.48 bits per heavy atom. The smallest absolute Gasteiger partial charge is 0.339 e. The van der Waals surface area contributed by atoms with Crippen LogP contribution in [0.2, 0.25) is 0 Å². The molecule has 31 heavy (non-hydrogen) atoms. The summed E-state index contributed by atoms with van der Waals surface area (Å²) in [5.74, 6) is -2.39. The minimum Gasteiger partial charge on any atom is -0.495 e. The predicted octanol–water partition coefficient (Wildman–Crippen LogP) is 4.62. The quantitative estimate of drug-likeness (QED) is 0.466. The van der Waals surface area contributed by atoms with Gasteiger partial charge in [-0.2, -0.15) is 0 Å². The van der Waals surface area contributed by atoms with Gasteiger partial charge in [-0.3, -0.25) is 0 Å². The van der Waals surface area contributed by atoms with Gasteiger partial charge >= 0.3 is 5.97 Å². The topological polar surface area (TPSA) is 83.9 Å². The third-order valence-electron chi connectivity index (χ3n) is 4.82. The second-order valence-corrected chi connectivity index (χ2v) is 9.56. The van der Waals surface area contributed by atoms with Crippen LogP contribution in [0.3, 0.4) is 0 Å². The summed E-state index contributed by atoms with van der Waals surface area (Å²) < 4.78 is 45.8. The Morgan fingerprint density at radius 2 is 1.90 bits per heavy atom. The highest BCUT2D eigenvalue weighted by Crippen LogP contribution is 2.34. The summed E-state index contributed by atoms with van der Waals surface area (Å²) >= 11 is 3.21. The number of methoxy groups -OCH3 is 1. The number of ether oxygens (including phenoxy) is 1. The number of benzene rings is 2. The van der Waals surface area contributed by atoms with Crippen LogP contribution < -0.4 is 4.74 Å². The molecule has 0 saturated carbocycles. The van der Waals surface area contributed by atoms with Crippen molar-refractivity contribution in [1.29, 1.82) is 0 Å². The van der Waals surface area contributed by atoms with Gasteiger partial charge in [0, 0.05) is 6.54 Å². The molecule has 0 aliphatic rings. The molecule has 0 fully saturated rings. The lowest BCUT2D eigenvalue weighted by atomic mass is 10.1. The van der Waals surface area contributed by atoms with Crippen molar-refractivity contribution >= 4 is 37.8 Å². The van der Waals surface area contributed by atoms with Crippen LogP contribution in [0.25, 0.3) is 6.08 Å². The number of rotatable bonds is 10. The maximum absolute atomic E-state index is 13.9. The number of carboxylic acid groups (broad SMARTS) is 1. The van der Waals surface area contributed by atoms with Gasteiger partial charge in [0.2, 0.25) is 0 Å². The zero-order valence-electron chi connectivity index (χ0n) is 17.6. The van der Waals surface area contributed by atoms with Gasteiger partial charge < -0.3 is 14.7 Å². The molecule has 6 nitrogen and oxygen atoms in total. The lowest BCUT2D eigenvalue weighted by Crippen LogP contribution is -2.22. The maximum atomic E-state index is 13.9. The molecule has 2 rings (SSSR count). The lowest BCUT2D eigenvalue weighted by Gasteiger charge is -2.15. The molecule has 168 valence electrons. The van der Waals surface area contributed by atoms with Crippen LogP contribution >= 0.6 is 15.9 Å². The molecule has 0 aromatic heterocycles. The molecule has 0 bridgehead atoms. The molecule has 0 radical (unpaired) electrons. The van der Waals surface area contributed by atoms with Gasteiger partial charge in [-0.1, -0.05) is 32.1 Å². The second-order valence-electron chi connectivity index (χ2n) is 6.75. The van der Waals surface area contributed by atoms with Crippen molar-refractivity contribution in [2.75, 3.05) is 26.7 Å². The molecule has 0 aliphatic carbocycles. The van der Waals surface area contributed by atoms with Crippen LogP contribution in [0.4, 0.5) is 4.39 Å². The summed E-state index contributed by atoms with van der Waals surface area (Å²) in [6, 6.07) is 6.40. The van der Waals surface area contributed by atoms with E-state index in [0.29, 0.717) is 11.0 Å². The van der Waals surface area contributed by atoms with Crippen LogP contribution in [0.15, 0.2) is 45.8 Å². The molecule has 2 aromatic rings. The van der Waals surface area contributed by atoms with Crippen molar-refractivity contribution in [3.8, 4) is 5.75 Å². The fraction of sp³-hybridized carbons (Fsp3) is 0.318. The summed E-state index contributed by atoms with van der Waals surface area (Å²) in [7, 11) is -2.67. The van der Waals surface area contributed by atoms with Crippen molar-refractivity contribution in [3.05, 3.63) is 63.4 Å². The van der Waals surface area contributed by atoms with E-state index in [9.17, 15) is 22.7 Å². The van der Waals surface area contributed by atoms with Crippen molar-refractivity contribution < 1.29 is 27.4 Å². The van der Waals surface area contributed by atoms with E-state index < -0.39 is 27.4 Å². The first-order valence-corrected chi connectivity index (χ1v) is 12.1. The molecule has 0 unspecified atom stereocenters. The molecule has 0 amide bonds. The Balaban J connectivity index is 2.48. The first-order chi connectivity index (χ1) is 14.6. The first kappa shape index (κ1) is 25.0. The number of aromatic carboxylic acids is 1. The molecule has 9 heteroatoms. The Bertz CT molecular complexity index is 1080. The highest BCUT2D eigenvalue weighted by molar-refractivity contribution is 9.10. The van der Waals surface area contributed by atoms with E-state index in [1.165, 1.54) is 25.3 Å². The molecule has 0 heterocycles. The number of nitrogens with zero attached hydrogens (tertiary/aromatic N) is 1. The van der Waals surface area contributed by atoms with Gasteiger partial charge in [-0.05, 0) is 64.4 Å². The SMILES string of the molecule is CCN(CC)CC=Cc1cc(F)ccc1S(=O)(=O)Cc1ccc(Br)c(OC)c1C(=O)O. The number of hydrogen-bond acceptors (Lipinski definition) is 5. The predicted molar refractivity (Wildman–Crippen MR) is 122 cm³/mol. The van der Waals surface area contributed by atoms with E-state index in [1.807, 2.05) is 13.8 Å².